The van der Waals surface area contributed by atoms with Crippen LogP contribution in [-0.4, -0.2) is 57.6 Å². The minimum Gasteiger partial charge on any atom is -0.497 e. The predicted molar refractivity (Wildman–Crippen MR) is 120 cm³/mol. The summed E-state index contributed by atoms with van der Waals surface area (Å²) in [4.78, 5) is 27.0. The first-order valence-corrected chi connectivity index (χ1v) is 11.8. The smallest absolute Gasteiger partial charge is 0.244 e. The summed E-state index contributed by atoms with van der Waals surface area (Å²) in [5.74, 6) is -0.821. The third-order valence-corrected chi connectivity index (χ3v) is 5.96. The number of likely N-dealkylation sites (N-methyl/N-ethyl adjacent to an activating group) is 1. The van der Waals surface area contributed by atoms with Gasteiger partial charge < -0.3 is 15.0 Å². The van der Waals surface area contributed by atoms with Crippen LogP contribution in [0.15, 0.2) is 48.5 Å². The van der Waals surface area contributed by atoms with Crippen LogP contribution in [0.3, 0.4) is 0 Å². The molecule has 0 saturated heterocycles. The van der Waals surface area contributed by atoms with Crippen molar-refractivity contribution in [2.75, 3.05) is 30.8 Å². The van der Waals surface area contributed by atoms with E-state index < -0.39 is 34.3 Å². The molecule has 0 spiro atoms. The number of methoxy groups -OCH3 is 1. The minimum absolute atomic E-state index is 0.0855. The van der Waals surface area contributed by atoms with Crippen molar-refractivity contribution < 1.29 is 27.1 Å². The number of sulfonamides is 1. The Bertz CT molecular complexity index is 1030. The molecule has 174 valence electrons. The van der Waals surface area contributed by atoms with Crippen LogP contribution >= 0.6 is 0 Å². The molecular weight excluding hydrogens is 437 g/mol. The Hall–Kier alpha value is -3.14. The molecule has 1 unspecified atom stereocenters. The van der Waals surface area contributed by atoms with Crippen LogP contribution in [0.5, 0.6) is 5.75 Å². The fourth-order valence-corrected chi connectivity index (χ4v) is 3.90. The Labute approximate surface area is 188 Å². The molecule has 2 rings (SSSR count). The molecule has 10 heteroatoms. The fourth-order valence-electron chi connectivity index (χ4n) is 3.05. The van der Waals surface area contributed by atoms with Gasteiger partial charge in [0.1, 0.15) is 24.2 Å². The third kappa shape index (κ3) is 6.68. The maximum atomic E-state index is 13.3. The van der Waals surface area contributed by atoms with Crippen molar-refractivity contribution in [2.24, 2.45) is 0 Å². The number of carbonyl (C=O) groups excluding carboxylic acids is 2. The zero-order valence-electron chi connectivity index (χ0n) is 18.5. The fraction of sp³-hybridized carbons (Fsp3) is 0.364. The molecule has 2 aromatic rings. The normalized spacial score (nSPS) is 12.0. The average Bonchev–Trinajstić information content (AvgIpc) is 2.75. The summed E-state index contributed by atoms with van der Waals surface area (Å²) in [7, 11) is -2.31. The number of nitrogens with zero attached hydrogens (tertiary/aromatic N) is 2. The van der Waals surface area contributed by atoms with E-state index in [1.54, 1.807) is 38.1 Å². The highest BCUT2D eigenvalue weighted by Gasteiger charge is 2.29. The van der Waals surface area contributed by atoms with Crippen molar-refractivity contribution in [3.8, 4) is 5.75 Å². The van der Waals surface area contributed by atoms with Crippen molar-refractivity contribution in [1.29, 1.82) is 0 Å². The molecule has 2 aromatic carbocycles. The SMILES string of the molecule is CCNC(=O)C(C)N(Cc1ccc(OC)cc1)C(=O)CN(c1ccc(F)cc1)S(C)(=O)=O. The number of anilines is 1. The van der Waals surface area contributed by atoms with Gasteiger partial charge in [0.25, 0.3) is 0 Å². The molecule has 2 amide bonds. The predicted octanol–water partition coefficient (Wildman–Crippen LogP) is 2.15. The first-order valence-electron chi connectivity index (χ1n) is 10.00. The zero-order chi connectivity index (χ0) is 23.9. The van der Waals surface area contributed by atoms with Crippen molar-refractivity contribution in [2.45, 2.75) is 26.4 Å². The molecule has 0 radical (unpaired) electrons. The van der Waals surface area contributed by atoms with Gasteiger partial charge in [-0.15, -0.1) is 0 Å². The van der Waals surface area contributed by atoms with Crippen LogP contribution in [0.1, 0.15) is 19.4 Å². The Morgan fingerprint density at radius 2 is 1.69 bits per heavy atom. The summed E-state index contributed by atoms with van der Waals surface area (Å²) in [5, 5.41) is 2.68. The van der Waals surface area contributed by atoms with Gasteiger partial charge in [-0.3, -0.25) is 13.9 Å². The molecule has 32 heavy (non-hydrogen) atoms. The van der Waals surface area contributed by atoms with E-state index in [0.717, 1.165) is 28.3 Å². The molecule has 0 aliphatic rings. The maximum absolute atomic E-state index is 13.3. The molecule has 8 nitrogen and oxygen atoms in total. The van der Waals surface area contributed by atoms with Crippen LogP contribution in [0.2, 0.25) is 0 Å². The van der Waals surface area contributed by atoms with Crippen molar-refractivity contribution in [3.63, 3.8) is 0 Å². The van der Waals surface area contributed by atoms with Gasteiger partial charge >= 0.3 is 0 Å². The lowest BCUT2D eigenvalue weighted by atomic mass is 10.1. The lowest BCUT2D eigenvalue weighted by Gasteiger charge is -2.31. The highest BCUT2D eigenvalue weighted by Crippen LogP contribution is 2.20. The van der Waals surface area contributed by atoms with Crippen LogP contribution in [-0.2, 0) is 26.2 Å². The van der Waals surface area contributed by atoms with Gasteiger partial charge in [0.2, 0.25) is 21.8 Å². The maximum Gasteiger partial charge on any atom is 0.244 e. The number of hydrogen-bond acceptors (Lipinski definition) is 5. The van der Waals surface area contributed by atoms with Crippen LogP contribution < -0.4 is 14.4 Å². The quantitative estimate of drug-likeness (QED) is 0.580. The van der Waals surface area contributed by atoms with E-state index in [1.807, 2.05) is 0 Å². The number of rotatable bonds is 10. The molecule has 0 saturated carbocycles. The largest absolute Gasteiger partial charge is 0.497 e. The zero-order valence-corrected chi connectivity index (χ0v) is 19.4. The van der Waals surface area contributed by atoms with E-state index >= 15 is 0 Å². The second kappa shape index (κ2) is 10.9. The van der Waals surface area contributed by atoms with Crippen LogP contribution in [0.4, 0.5) is 10.1 Å². The highest BCUT2D eigenvalue weighted by atomic mass is 32.2. The van der Waals surface area contributed by atoms with Crippen molar-refractivity contribution in [1.82, 2.24) is 10.2 Å². The number of benzene rings is 2. The number of carbonyl (C=O) groups is 2. The van der Waals surface area contributed by atoms with Crippen molar-refractivity contribution in [3.05, 3.63) is 59.9 Å². The second-order valence-corrected chi connectivity index (χ2v) is 9.09. The highest BCUT2D eigenvalue weighted by molar-refractivity contribution is 7.92. The molecule has 0 fully saturated rings. The Morgan fingerprint density at radius 3 is 2.19 bits per heavy atom. The summed E-state index contributed by atoms with van der Waals surface area (Å²) in [6.07, 6.45) is 0.963. The minimum atomic E-state index is -3.85. The number of nitrogens with one attached hydrogen (secondary N) is 1. The van der Waals surface area contributed by atoms with Gasteiger partial charge in [0.15, 0.2) is 0 Å². The number of ether oxygens (including phenoxy) is 1. The van der Waals surface area contributed by atoms with Gasteiger partial charge in [-0.1, -0.05) is 12.1 Å². The summed E-state index contributed by atoms with van der Waals surface area (Å²) < 4.78 is 44.1. The van der Waals surface area contributed by atoms with Crippen molar-refractivity contribution >= 4 is 27.5 Å². The number of hydrogen-bond donors (Lipinski definition) is 1. The topological polar surface area (TPSA) is 96.0 Å². The molecule has 0 aromatic heterocycles. The van der Waals surface area contributed by atoms with Gasteiger partial charge in [0.05, 0.1) is 19.1 Å². The summed E-state index contributed by atoms with van der Waals surface area (Å²) in [6.45, 7) is 3.28. The van der Waals surface area contributed by atoms with E-state index in [4.69, 9.17) is 4.74 Å². The van der Waals surface area contributed by atoms with Crippen LogP contribution in [0, 0.1) is 5.82 Å². The molecule has 1 N–H and O–H groups in total. The Kier molecular flexibility index (Phi) is 8.59. The molecule has 0 aliphatic carbocycles. The first-order chi connectivity index (χ1) is 15.1. The van der Waals surface area contributed by atoms with E-state index in [1.165, 1.54) is 24.1 Å². The summed E-state index contributed by atoms with van der Waals surface area (Å²) in [5.41, 5.74) is 0.889. The molecular formula is C22H28FN3O5S. The van der Waals surface area contributed by atoms with Gasteiger partial charge in [-0.25, -0.2) is 12.8 Å². The second-order valence-electron chi connectivity index (χ2n) is 7.19. The number of halogens is 1. The van der Waals surface area contributed by atoms with Crippen LogP contribution in [0.25, 0.3) is 0 Å². The Morgan fingerprint density at radius 1 is 1.09 bits per heavy atom. The van der Waals surface area contributed by atoms with E-state index in [2.05, 4.69) is 5.32 Å². The van der Waals surface area contributed by atoms with Gasteiger partial charge in [0, 0.05) is 13.1 Å². The first kappa shape index (κ1) is 25.1. The molecule has 0 bridgehead atoms. The molecule has 0 aliphatic heterocycles. The van der Waals surface area contributed by atoms with Gasteiger partial charge in [-0.05, 0) is 55.8 Å². The standard InChI is InChI=1S/C22H28FN3O5S/c1-5-24-22(28)16(2)25(14-17-6-12-20(31-3)13-7-17)21(27)15-26(32(4,29)30)19-10-8-18(23)9-11-19/h6-13,16H,5,14-15H2,1-4H3,(H,24,28). The molecule has 0 heterocycles. The summed E-state index contributed by atoms with van der Waals surface area (Å²) >= 11 is 0. The average molecular weight is 466 g/mol. The molecule has 1 atom stereocenters. The Balaban J connectivity index is 2.35. The lowest BCUT2D eigenvalue weighted by molar-refractivity contribution is -0.139. The van der Waals surface area contributed by atoms with Gasteiger partial charge in [-0.2, -0.15) is 0 Å². The third-order valence-electron chi connectivity index (χ3n) is 4.82. The summed E-state index contributed by atoms with van der Waals surface area (Å²) in [6, 6.07) is 10.9. The van der Waals surface area contributed by atoms with E-state index in [0.29, 0.717) is 12.3 Å². The monoisotopic (exact) mass is 465 g/mol. The van der Waals surface area contributed by atoms with E-state index in [9.17, 15) is 22.4 Å². The van der Waals surface area contributed by atoms with E-state index in [-0.39, 0.29) is 18.1 Å². The number of amides is 2. The lowest BCUT2D eigenvalue weighted by Crippen LogP contribution is -2.51.